The lowest BCUT2D eigenvalue weighted by atomic mass is 9.72. The van der Waals surface area contributed by atoms with Crippen LogP contribution in [0.25, 0.3) is 0 Å². The van der Waals surface area contributed by atoms with Crippen molar-refractivity contribution in [2.24, 2.45) is 10.8 Å². The van der Waals surface area contributed by atoms with Gasteiger partial charge in [-0.15, -0.1) is 0 Å². The molecule has 1 aromatic heterocycles. The van der Waals surface area contributed by atoms with Gasteiger partial charge >= 0.3 is 0 Å². The minimum Gasteiger partial charge on any atom is -0.388 e. The van der Waals surface area contributed by atoms with Gasteiger partial charge in [-0.3, -0.25) is 4.98 Å². The minimum absolute atomic E-state index is 0.00308. The van der Waals surface area contributed by atoms with Crippen molar-refractivity contribution in [3.63, 3.8) is 0 Å². The summed E-state index contributed by atoms with van der Waals surface area (Å²) in [6.07, 6.45) is 10.7. The average molecular weight is 454 g/mol. The molecule has 4 nitrogen and oxygen atoms in total. The largest absolute Gasteiger partial charge is 0.388 e. The molecule has 2 unspecified atom stereocenters. The van der Waals surface area contributed by atoms with Crippen LogP contribution < -0.4 is 0 Å². The van der Waals surface area contributed by atoms with Gasteiger partial charge in [0.15, 0.2) is 0 Å². The summed E-state index contributed by atoms with van der Waals surface area (Å²) in [5.41, 5.74) is 6.08. The van der Waals surface area contributed by atoms with Crippen molar-refractivity contribution in [3.8, 4) is 0 Å². The topological polar surface area (TPSA) is 62.6 Å². The first-order chi connectivity index (χ1) is 15.4. The summed E-state index contributed by atoms with van der Waals surface area (Å²) in [6.45, 7) is 18.3. The summed E-state index contributed by atoms with van der Waals surface area (Å²) in [5.74, 6) is 0.282. The van der Waals surface area contributed by atoms with Gasteiger partial charge in [-0.25, -0.2) is 0 Å². The third kappa shape index (κ3) is 6.03. The van der Waals surface area contributed by atoms with E-state index in [0.717, 1.165) is 67.0 Å². The second-order valence-corrected chi connectivity index (χ2v) is 11.6. The van der Waals surface area contributed by atoms with E-state index in [1.807, 2.05) is 12.2 Å². The fourth-order valence-electron chi connectivity index (χ4n) is 5.37. The Morgan fingerprint density at radius 1 is 1.27 bits per heavy atom. The molecule has 4 heteroatoms. The van der Waals surface area contributed by atoms with Crippen LogP contribution in [0.4, 0.5) is 0 Å². The van der Waals surface area contributed by atoms with E-state index in [1.54, 1.807) is 0 Å². The van der Waals surface area contributed by atoms with Crippen molar-refractivity contribution in [1.29, 1.82) is 0 Å². The van der Waals surface area contributed by atoms with Gasteiger partial charge in [0.05, 0.1) is 17.9 Å². The number of aliphatic hydroxyl groups excluding tert-OH is 2. The Morgan fingerprint density at radius 2 is 1.94 bits per heavy atom. The van der Waals surface area contributed by atoms with Crippen molar-refractivity contribution in [3.05, 3.63) is 64.5 Å². The van der Waals surface area contributed by atoms with E-state index in [9.17, 15) is 10.2 Å². The van der Waals surface area contributed by atoms with Crippen LogP contribution in [0.15, 0.2) is 36.5 Å². The molecule has 2 N–H and O–H groups in total. The number of aliphatic hydroxyl groups is 2. The molecule has 1 aromatic rings. The second-order valence-electron chi connectivity index (χ2n) is 11.6. The molecule has 2 atom stereocenters. The summed E-state index contributed by atoms with van der Waals surface area (Å²) in [5, 5.41) is 22.4. The molecule has 1 aliphatic heterocycles. The molecule has 33 heavy (non-hydrogen) atoms. The Kier molecular flexibility index (Phi) is 8.03. The van der Waals surface area contributed by atoms with Gasteiger partial charge in [0.1, 0.15) is 0 Å². The smallest absolute Gasteiger partial charge is 0.0844 e. The Hall–Kier alpha value is -1.75. The van der Waals surface area contributed by atoms with Crippen LogP contribution in [0.2, 0.25) is 0 Å². The van der Waals surface area contributed by atoms with Gasteiger partial charge in [0.25, 0.3) is 0 Å². The van der Waals surface area contributed by atoms with Crippen LogP contribution in [0.5, 0.6) is 0 Å². The van der Waals surface area contributed by atoms with E-state index in [4.69, 9.17) is 9.72 Å². The molecule has 0 aromatic carbocycles. The predicted octanol–water partition coefficient (Wildman–Crippen LogP) is 6.43. The first kappa shape index (κ1) is 25.9. The maximum atomic E-state index is 11.4. The molecular weight excluding hydrogens is 410 g/mol. The molecule has 1 fully saturated rings. The normalized spacial score (nSPS) is 22.9. The van der Waals surface area contributed by atoms with Crippen molar-refractivity contribution in [1.82, 2.24) is 4.98 Å². The summed E-state index contributed by atoms with van der Waals surface area (Å²) in [7, 11) is 0. The Balaban J connectivity index is 2.00. The highest BCUT2D eigenvalue weighted by Gasteiger charge is 2.36. The quantitative estimate of drug-likeness (QED) is 0.487. The Bertz CT molecular complexity index is 914. The second kappa shape index (κ2) is 10.2. The first-order valence-corrected chi connectivity index (χ1v) is 12.4. The third-order valence-corrected chi connectivity index (χ3v) is 7.14. The van der Waals surface area contributed by atoms with Gasteiger partial charge < -0.3 is 14.9 Å². The number of fused-ring (bicyclic) bond motifs is 1. The third-order valence-electron chi connectivity index (χ3n) is 7.14. The van der Waals surface area contributed by atoms with Crippen molar-refractivity contribution < 1.29 is 14.9 Å². The lowest BCUT2D eigenvalue weighted by Crippen LogP contribution is -2.30. The number of hydrogen-bond acceptors (Lipinski definition) is 4. The summed E-state index contributed by atoms with van der Waals surface area (Å²) in [6, 6.07) is 0. The monoisotopic (exact) mass is 453 g/mol. The van der Waals surface area contributed by atoms with Crippen molar-refractivity contribution in [2.75, 3.05) is 13.2 Å². The van der Waals surface area contributed by atoms with E-state index in [-0.39, 0.29) is 16.7 Å². The van der Waals surface area contributed by atoms with Crippen molar-refractivity contribution in [2.45, 2.75) is 91.8 Å². The van der Waals surface area contributed by atoms with Gasteiger partial charge in [-0.2, -0.15) is 0 Å². The van der Waals surface area contributed by atoms with Crippen LogP contribution in [-0.2, 0) is 11.2 Å². The van der Waals surface area contributed by atoms with Gasteiger partial charge in [0, 0.05) is 36.0 Å². The standard InChI is InChI=1S/C29H43NO3/c1-8-10-21(28(3,4)5)11-9-12-23(31)26-19(2)25-22(17-29(6,7)18-24(25)32)30-27(26)20-13-15-33-16-14-20/h8-11,20,23-24,31-32H,1,12-18H2,2-7H3/b11-9-,21-10+. The number of allylic oxidation sites excluding steroid dienone is 4. The molecule has 2 heterocycles. The number of pyridine rings is 1. The molecule has 0 amide bonds. The van der Waals surface area contributed by atoms with Crippen LogP contribution in [0, 0.1) is 17.8 Å². The van der Waals surface area contributed by atoms with Gasteiger partial charge in [-0.05, 0) is 61.0 Å². The fraction of sp³-hybridized carbons (Fsp3) is 0.621. The van der Waals surface area contributed by atoms with Crippen LogP contribution in [0.1, 0.15) is 107 Å². The van der Waals surface area contributed by atoms with Crippen LogP contribution in [-0.4, -0.2) is 28.4 Å². The van der Waals surface area contributed by atoms with Gasteiger partial charge in [0.2, 0.25) is 0 Å². The van der Waals surface area contributed by atoms with E-state index < -0.39 is 12.2 Å². The summed E-state index contributed by atoms with van der Waals surface area (Å²) < 4.78 is 5.60. The molecule has 0 spiro atoms. The molecule has 0 bridgehead atoms. The molecule has 0 radical (unpaired) electrons. The highest BCUT2D eigenvalue weighted by molar-refractivity contribution is 5.45. The molecule has 182 valence electrons. The molecule has 3 rings (SSSR count). The van der Waals surface area contributed by atoms with Crippen LogP contribution in [0.3, 0.4) is 0 Å². The summed E-state index contributed by atoms with van der Waals surface area (Å²) in [4.78, 5) is 5.15. The number of aromatic nitrogens is 1. The zero-order valence-electron chi connectivity index (χ0n) is 21.4. The van der Waals surface area contributed by atoms with Gasteiger partial charge in [-0.1, -0.05) is 65.5 Å². The summed E-state index contributed by atoms with van der Waals surface area (Å²) >= 11 is 0. The lowest BCUT2D eigenvalue weighted by molar-refractivity contribution is 0.0817. The zero-order chi connectivity index (χ0) is 24.4. The Labute approximate surface area is 200 Å². The molecule has 2 aliphatic rings. The SMILES string of the molecule is C=C/C=C(\C=C/CC(O)c1c(C2CCOCC2)nc2c(c1C)C(O)CC(C)(C)C2)C(C)(C)C. The molecular formula is C29H43NO3. The zero-order valence-corrected chi connectivity index (χ0v) is 21.4. The number of ether oxygens (including phenoxy) is 1. The molecule has 0 saturated carbocycles. The van der Waals surface area contributed by atoms with Crippen molar-refractivity contribution >= 4 is 0 Å². The fourth-order valence-corrected chi connectivity index (χ4v) is 5.37. The maximum Gasteiger partial charge on any atom is 0.0844 e. The predicted molar refractivity (Wildman–Crippen MR) is 135 cm³/mol. The first-order valence-electron chi connectivity index (χ1n) is 12.4. The highest BCUT2D eigenvalue weighted by Crippen LogP contribution is 2.45. The lowest BCUT2D eigenvalue weighted by Gasteiger charge is -2.37. The number of nitrogens with zero attached hydrogens (tertiary/aromatic N) is 1. The Morgan fingerprint density at radius 3 is 2.55 bits per heavy atom. The molecule has 1 aliphatic carbocycles. The molecule has 1 saturated heterocycles. The average Bonchev–Trinajstić information content (AvgIpc) is 2.71. The van der Waals surface area contributed by atoms with E-state index in [2.05, 4.69) is 60.3 Å². The maximum absolute atomic E-state index is 11.4. The van der Waals surface area contributed by atoms with Crippen LogP contribution >= 0.6 is 0 Å². The minimum atomic E-state index is -0.663. The van der Waals surface area contributed by atoms with E-state index in [1.165, 1.54) is 5.57 Å². The van der Waals surface area contributed by atoms with E-state index >= 15 is 0 Å². The number of rotatable bonds is 6. The highest BCUT2D eigenvalue weighted by atomic mass is 16.5. The van der Waals surface area contributed by atoms with E-state index in [0.29, 0.717) is 6.42 Å². The number of hydrogen-bond donors (Lipinski definition) is 2.